The van der Waals surface area contributed by atoms with Gasteiger partial charge < -0.3 is 10.6 Å². The summed E-state index contributed by atoms with van der Waals surface area (Å²) >= 11 is 0. The number of carbonyl (C=O) groups excluding carboxylic acids is 1. The number of hydrogen-bond donors (Lipinski definition) is 2. The summed E-state index contributed by atoms with van der Waals surface area (Å²) in [4.78, 5) is 29.0. The number of urea groups is 1. The van der Waals surface area contributed by atoms with Crippen molar-refractivity contribution in [2.45, 2.75) is 13.8 Å². The molecule has 0 radical (unpaired) electrons. The maximum absolute atomic E-state index is 13.1. The molecule has 1 aromatic carbocycles. The fourth-order valence-electron chi connectivity index (χ4n) is 2.34. The monoisotopic (exact) mass is 326 g/mol. The number of pyridine rings is 1. The minimum atomic E-state index is -0.643. The molecule has 122 valence electrons. The highest BCUT2D eigenvalue weighted by molar-refractivity contribution is 6.00. The minimum absolute atomic E-state index is 0.0759. The van der Waals surface area contributed by atoms with Crippen molar-refractivity contribution in [3.8, 4) is 0 Å². The van der Waals surface area contributed by atoms with Gasteiger partial charge in [-0.05, 0) is 43.7 Å². The van der Waals surface area contributed by atoms with Crippen LogP contribution in [0.5, 0.6) is 0 Å². The van der Waals surface area contributed by atoms with Gasteiger partial charge in [-0.25, -0.2) is 14.2 Å². The second-order valence-corrected chi connectivity index (χ2v) is 5.40. The first-order chi connectivity index (χ1) is 11.4. The van der Waals surface area contributed by atoms with Gasteiger partial charge in [0, 0.05) is 11.9 Å². The summed E-state index contributed by atoms with van der Waals surface area (Å²) in [5, 5.41) is 4.97. The second kappa shape index (κ2) is 6.11. The van der Waals surface area contributed by atoms with E-state index in [1.54, 1.807) is 25.3 Å². The van der Waals surface area contributed by atoms with Gasteiger partial charge in [0.25, 0.3) is 5.56 Å². The van der Waals surface area contributed by atoms with E-state index in [4.69, 9.17) is 0 Å². The van der Waals surface area contributed by atoms with Crippen molar-refractivity contribution < 1.29 is 9.18 Å². The molecule has 3 aromatic rings. The average Bonchev–Trinajstić information content (AvgIpc) is 2.52. The van der Waals surface area contributed by atoms with Gasteiger partial charge in [0.05, 0.1) is 5.69 Å². The van der Waals surface area contributed by atoms with Gasteiger partial charge in [-0.2, -0.15) is 0 Å². The molecular formula is C17H15FN4O2. The number of rotatable bonds is 2. The molecule has 0 unspecified atom stereocenters. The number of aryl methyl sites for hydroxylation is 2. The normalized spacial score (nSPS) is 10.6. The van der Waals surface area contributed by atoms with Crippen LogP contribution in [0.2, 0.25) is 0 Å². The van der Waals surface area contributed by atoms with Crippen molar-refractivity contribution >= 4 is 23.1 Å². The van der Waals surface area contributed by atoms with Crippen LogP contribution in [0.3, 0.4) is 0 Å². The molecule has 6 nitrogen and oxygen atoms in total. The van der Waals surface area contributed by atoms with Crippen LogP contribution in [0, 0.1) is 19.7 Å². The predicted molar refractivity (Wildman–Crippen MR) is 90.0 cm³/mol. The summed E-state index contributed by atoms with van der Waals surface area (Å²) in [5.41, 5.74) is 1.78. The zero-order valence-corrected chi connectivity index (χ0v) is 13.1. The molecule has 0 saturated carbocycles. The van der Waals surface area contributed by atoms with Crippen LogP contribution in [0.25, 0.3) is 5.65 Å². The van der Waals surface area contributed by atoms with Crippen LogP contribution in [-0.4, -0.2) is 15.4 Å². The van der Waals surface area contributed by atoms with Crippen LogP contribution in [0.15, 0.2) is 47.4 Å². The van der Waals surface area contributed by atoms with E-state index in [0.717, 1.165) is 5.56 Å². The lowest BCUT2D eigenvalue weighted by Crippen LogP contribution is -2.27. The molecule has 0 spiro atoms. The summed E-state index contributed by atoms with van der Waals surface area (Å²) in [6, 6.07) is 8.42. The maximum Gasteiger partial charge on any atom is 0.323 e. The fourth-order valence-corrected chi connectivity index (χ4v) is 2.34. The van der Waals surface area contributed by atoms with Gasteiger partial charge in [0.1, 0.15) is 17.2 Å². The topological polar surface area (TPSA) is 75.5 Å². The third-order valence-corrected chi connectivity index (χ3v) is 3.47. The summed E-state index contributed by atoms with van der Waals surface area (Å²) in [6.45, 7) is 3.49. The molecule has 0 atom stereocenters. The number of hydrogen-bond acceptors (Lipinski definition) is 3. The van der Waals surface area contributed by atoms with E-state index in [2.05, 4.69) is 15.6 Å². The molecule has 24 heavy (non-hydrogen) atoms. The third kappa shape index (κ3) is 3.10. The Morgan fingerprint density at radius 2 is 1.96 bits per heavy atom. The Labute approximate surface area is 137 Å². The van der Waals surface area contributed by atoms with Crippen LogP contribution in [-0.2, 0) is 0 Å². The van der Waals surface area contributed by atoms with Gasteiger partial charge >= 0.3 is 6.03 Å². The molecule has 2 amide bonds. The fraction of sp³-hybridized carbons (Fsp3) is 0.118. The highest BCUT2D eigenvalue weighted by atomic mass is 19.1. The summed E-state index contributed by atoms with van der Waals surface area (Å²) in [7, 11) is 0. The van der Waals surface area contributed by atoms with Gasteiger partial charge in [-0.3, -0.25) is 9.20 Å². The lowest BCUT2D eigenvalue weighted by molar-refractivity contribution is 0.262. The molecule has 2 aromatic heterocycles. The highest BCUT2D eigenvalue weighted by Gasteiger charge is 2.13. The maximum atomic E-state index is 13.1. The zero-order valence-electron chi connectivity index (χ0n) is 13.1. The molecular weight excluding hydrogens is 311 g/mol. The lowest BCUT2D eigenvalue weighted by atomic mass is 10.3. The molecule has 0 aliphatic heterocycles. The van der Waals surface area contributed by atoms with Crippen molar-refractivity contribution in [2.75, 3.05) is 10.6 Å². The largest absolute Gasteiger partial charge is 0.323 e. The number of carbonyl (C=O) groups is 1. The van der Waals surface area contributed by atoms with Crippen molar-refractivity contribution in [1.82, 2.24) is 9.38 Å². The van der Waals surface area contributed by atoms with Crippen molar-refractivity contribution in [3.63, 3.8) is 0 Å². The van der Waals surface area contributed by atoms with E-state index in [-0.39, 0.29) is 16.9 Å². The van der Waals surface area contributed by atoms with Gasteiger partial charge in [-0.1, -0.05) is 12.1 Å². The molecule has 0 aliphatic rings. The Morgan fingerprint density at radius 1 is 1.17 bits per heavy atom. The average molecular weight is 326 g/mol. The molecule has 2 heterocycles. The van der Waals surface area contributed by atoms with E-state index in [0.29, 0.717) is 11.3 Å². The Hall–Kier alpha value is -3.22. The summed E-state index contributed by atoms with van der Waals surface area (Å²) in [6.07, 6.45) is 1.65. The summed E-state index contributed by atoms with van der Waals surface area (Å²) < 4.78 is 14.5. The Bertz CT molecular complexity index is 998. The van der Waals surface area contributed by atoms with Crippen LogP contribution in [0.4, 0.5) is 20.6 Å². The molecule has 3 rings (SSSR count). The predicted octanol–water partition coefficient (Wildman–Crippen LogP) is 3.09. The Morgan fingerprint density at radius 3 is 2.71 bits per heavy atom. The van der Waals surface area contributed by atoms with Gasteiger partial charge in [0.15, 0.2) is 0 Å². The Kier molecular flexibility index (Phi) is 3.99. The minimum Gasteiger partial charge on any atom is -0.308 e. The first-order valence-electron chi connectivity index (χ1n) is 7.27. The standard InChI is InChI=1S/C17H15FN4O2/c1-10-6-7-14-19-11(2)15(16(23)22(14)9-10)21-17(24)20-13-5-3-4-12(18)8-13/h3-9H,1-2H3,(H2,20,21,24). The number of halogens is 1. The summed E-state index contributed by atoms with van der Waals surface area (Å²) in [5.74, 6) is -0.466. The van der Waals surface area contributed by atoms with Crippen molar-refractivity contribution in [3.05, 3.63) is 70.0 Å². The molecule has 2 N–H and O–H groups in total. The van der Waals surface area contributed by atoms with Crippen molar-refractivity contribution in [2.24, 2.45) is 0 Å². The van der Waals surface area contributed by atoms with Gasteiger partial charge in [-0.15, -0.1) is 0 Å². The molecule has 0 fully saturated rings. The lowest BCUT2D eigenvalue weighted by Gasteiger charge is -2.11. The smallest absolute Gasteiger partial charge is 0.308 e. The first-order valence-corrected chi connectivity index (χ1v) is 7.27. The Balaban J connectivity index is 1.92. The molecule has 0 aliphatic carbocycles. The van der Waals surface area contributed by atoms with E-state index in [1.165, 1.54) is 22.6 Å². The second-order valence-electron chi connectivity index (χ2n) is 5.40. The van der Waals surface area contributed by atoms with E-state index >= 15 is 0 Å². The zero-order chi connectivity index (χ0) is 17.3. The quantitative estimate of drug-likeness (QED) is 0.760. The molecule has 0 bridgehead atoms. The molecule has 0 saturated heterocycles. The van der Waals surface area contributed by atoms with E-state index in [1.807, 2.05) is 13.0 Å². The number of nitrogens with zero attached hydrogens (tertiary/aromatic N) is 2. The van der Waals surface area contributed by atoms with Gasteiger partial charge in [0.2, 0.25) is 0 Å². The molecule has 7 heteroatoms. The van der Waals surface area contributed by atoms with Crippen LogP contribution in [0.1, 0.15) is 11.3 Å². The van der Waals surface area contributed by atoms with Crippen LogP contribution >= 0.6 is 0 Å². The van der Waals surface area contributed by atoms with Crippen molar-refractivity contribution in [1.29, 1.82) is 0 Å². The first kappa shape index (κ1) is 15.7. The number of nitrogens with one attached hydrogen (secondary N) is 2. The number of amides is 2. The third-order valence-electron chi connectivity index (χ3n) is 3.47. The number of anilines is 2. The van der Waals surface area contributed by atoms with E-state index in [9.17, 15) is 14.0 Å². The van der Waals surface area contributed by atoms with E-state index < -0.39 is 11.8 Å². The highest BCUT2D eigenvalue weighted by Crippen LogP contribution is 2.12. The number of fused-ring (bicyclic) bond motifs is 1. The van der Waals surface area contributed by atoms with Crippen LogP contribution < -0.4 is 16.2 Å². The number of aromatic nitrogens is 2. The SMILES string of the molecule is Cc1ccc2nc(C)c(NC(=O)Nc3cccc(F)c3)c(=O)n2c1. The number of benzene rings is 1.